The Morgan fingerprint density at radius 3 is 2.63 bits per heavy atom. The maximum atomic E-state index is 12.6. The molecule has 5 nitrogen and oxygen atoms in total. The molecule has 1 aromatic heterocycles. The van der Waals surface area contributed by atoms with E-state index in [2.05, 4.69) is 45.2 Å². The van der Waals surface area contributed by atoms with Crippen LogP contribution in [0.4, 0.5) is 5.82 Å². The Balaban J connectivity index is 1.33. The van der Waals surface area contributed by atoms with Gasteiger partial charge in [0.05, 0.1) is 5.56 Å². The van der Waals surface area contributed by atoms with Gasteiger partial charge in [0.25, 0.3) is 5.91 Å². The number of nitrogens with one attached hydrogen (secondary N) is 1. The number of fused-ring (bicyclic) bond motifs is 1. The summed E-state index contributed by atoms with van der Waals surface area (Å²) in [6, 6.07) is 11.3. The summed E-state index contributed by atoms with van der Waals surface area (Å²) in [7, 11) is 2.02. The van der Waals surface area contributed by atoms with E-state index in [1.165, 1.54) is 42.5 Å². The molecule has 160 valence electrons. The number of amides is 1. The molecule has 0 spiro atoms. The summed E-state index contributed by atoms with van der Waals surface area (Å²) in [6.07, 6.45) is 9.14. The topological polar surface area (TPSA) is 48.5 Å². The molecule has 0 saturated heterocycles. The smallest absolute Gasteiger partial charge is 0.253 e. The lowest BCUT2D eigenvalue weighted by Gasteiger charge is -2.36. The van der Waals surface area contributed by atoms with Gasteiger partial charge < -0.3 is 10.2 Å². The number of aromatic nitrogens is 1. The highest BCUT2D eigenvalue weighted by Crippen LogP contribution is 2.27. The fraction of sp³-hybridized carbons (Fsp3) is 0.520. The molecule has 1 aromatic carbocycles. The molecule has 1 saturated carbocycles. The van der Waals surface area contributed by atoms with Crippen molar-refractivity contribution in [1.82, 2.24) is 15.2 Å². The van der Waals surface area contributed by atoms with Crippen LogP contribution in [0.2, 0.25) is 0 Å². The van der Waals surface area contributed by atoms with Gasteiger partial charge in [-0.3, -0.25) is 9.69 Å². The van der Waals surface area contributed by atoms with Gasteiger partial charge in [0.1, 0.15) is 5.82 Å². The van der Waals surface area contributed by atoms with E-state index in [0.717, 1.165) is 44.2 Å². The number of carbonyl (C=O) groups excluding carboxylic acids is 1. The first-order valence-corrected chi connectivity index (χ1v) is 11.4. The van der Waals surface area contributed by atoms with Gasteiger partial charge in [-0.15, -0.1) is 0 Å². The normalized spacial score (nSPS) is 17.0. The molecule has 1 N–H and O–H groups in total. The summed E-state index contributed by atoms with van der Waals surface area (Å²) >= 11 is 0. The molecule has 30 heavy (non-hydrogen) atoms. The van der Waals surface area contributed by atoms with Crippen molar-refractivity contribution in [2.75, 3.05) is 31.6 Å². The van der Waals surface area contributed by atoms with Crippen LogP contribution in [0.1, 0.15) is 59.7 Å². The average molecular weight is 407 g/mol. The third-order valence-electron chi connectivity index (χ3n) is 6.61. The first kappa shape index (κ1) is 20.9. The van der Waals surface area contributed by atoms with E-state index >= 15 is 0 Å². The molecule has 5 heteroatoms. The van der Waals surface area contributed by atoms with Gasteiger partial charge in [0, 0.05) is 45.5 Å². The maximum Gasteiger partial charge on any atom is 0.253 e. The van der Waals surface area contributed by atoms with E-state index in [-0.39, 0.29) is 5.91 Å². The number of carbonyl (C=O) groups is 1. The lowest BCUT2D eigenvalue weighted by Crippen LogP contribution is -2.41. The largest absolute Gasteiger partial charge is 0.360 e. The van der Waals surface area contributed by atoms with Gasteiger partial charge in [0.2, 0.25) is 0 Å². The van der Waals surface area contributed by atoms with Crippen LogP contribution in [0.15, 0.2) is 36.5 Å². The SMILES string of the molecule is CCCN(C)c1ccc(C(=O)NCc2ccc3c(c2)CCN(C2CCC2)CC3)cn1. The number of hydrogen-bond acceptors (Lipinski definition) is 4. The summed E-state index contributed by atoms with van der Waals surface area (Å²) in [6.45, 7) is 6.00. The summed E-state index contributed by atoms with van der Waals surface area (Å²) in [4.78, 5) is 21.8. The molecule has 0 atom stereocenters. The van der Waals surface area contributed by atoms with Gasteiger partial charge in [0.15, 0.2) is 0 Å². The van der Waals surface area contributed by atoms with Crippen LogP contribution in [0, 0.1) is 0 Å². The van der Waals surface area contributed by atoms with Crippen molar-refractivity contribution in [3.8, 4) is 0 Å². The molecule has 1 fully saturated rings. The first-order chi connectivity index (χ1) is 14.6. The molecule has 0 unspecified atom stereocenters. The van der Waals surface area contributed by atoms with E-state index in [9.17, 15) is 4.79 Å². The van der Waals surface area contributed by atoms with E-state index in [1.54, 1.807) is 6.20 Å². The summed E-state index contributed by atoms with van der Waals surface area (Å²) in [5, 5.41) is 3.05. The summed E-state index contributed by atoms with van der Waals surface area (Å²) < 4.78 is 0. The van der Waals surface area contributed by atoms with Crippen molar-refractivity contribution in [2.24, 2.45) is 0 Å². The van der Waals surface area contributed by atoms with Gasteiger partial charge in [-0.1, -0.05) is 31.5 Å². The highest BCUT2D eigenvalue weighted by Gasteiger charge is 2.26. The van der Waals surface area contributed by atoms with Crippen LogP contribution in [0.25, 0.3) is 0 Å². The second kappa shape index (κ2) is 9.61. The van der Waals surface area contributed by atoms with Gasteiger partial charge in [-0.05, 0) is 60.9 Å². The number of rotatable bonds is 7. The standard InChI is InChI=1S/C25H34N4O/c1-3-13-28(2)24-10-9-22(18-26-24)25(30)27-17-19-7-8-20-11-14-29(23-5-4-6-23)15-12-21(20)16-19/h7-10,16,18,23H,3-6,11-15,17H2,1-2H3,(H,27,30). The molecule has 1 aliphatic heterocycles. The minimum Gasteiger partial charge on any atom is -0.360 e. The number of nitrogens with zero attached hydrogens (tertiary/aromatic N) is 3. The molecule has 0 bridgehead atoms. The minimum absolute atomic E-state index is 0.0710. The monoisotopic (exact) mass is 406 g/mol. The van der Waals surface area contributed by atoms with Crippen LogP contribution in [-0.2, 0) is 19.4 Å². The molecule has 2 aliphatic rings. The highest BCUT2D eigenvalue weighted by atomic mass is 16.1. The summed E-state index contributed by atoms with van der Waals surface area (Å²) in [5.74, 6) is 0.827. The number of anilines is 1. The van der Waals surface area contributed by atoms with Crippen molar-refractivity contribution in [1.29, 1.82) is 0 Å². The Labute approximate surface area is 180 Å². The Kier molecular flexibility index (Phi) is 6.68. The molecular weight excluding hydrogens is 372 g/mol. The third kappa shape index (κ3) is 4.84. The molecule has 2 aromatic rings. The zero-order valence-corrected chi connectivity index (χ0v) is 18.4. The molecule has 2 heterocycles. The fourth-order valence-corrected chi connectivity index (χ4v) is 4.50. The van der Waals surface area contributed by atoms with E-state index in [0.29, 0.717) is 12.1 Å². The average Bonchev–Trinajstić information content (AvgIpc) is 2.93. The van der Waals surface area contributed by atoms with E-state index in [4.69, 9.17) is 0 Å². The number of hydrogen-bond donors (Lipinski definition) is 1. The lowest BCUT2D eigenvalue weighted by molar-refractivity contribution is 0.0950. The number of benzene rings is 1. The predicted octanol–water partition coefficient (Wildman–Crippen LogP) is 3.81. The third-order valence-corrected chi connectivity index (χ3v) is 6.61. The fourth-order valence-electron chi connectivity index (χ4n) is 4.50. The first-order valence-electron chi connectivity index (χ1n) is 11.4. The van der Waals surface area contributed by atoms with E-state index in [1.807, 2.05) is 19.2 Å². The molecule has 1 amide bonds. The van der Waals surface area contributed by atoms with Crippen LogP contribution in [0.5, 0.6) is 0 Å². The van der Waals surface area contributed by atoms with Crippen LogP contribution >= 0.6 is 0 Å². The number of pyridine rings is 1. The van der Waals surface area contributed by atoms with Crippen molar-refractivity contribution in [3.05, 3.63) is 58.8 Å². The van der Waals surface area contributed by atoms with E-state index < -0.39 is 0 Å². The predicted molar refractivity (Wildman–Crippen MR) is 122 cm³/mol. The molecule has 0 radical (unpaired) electrons. The maximum absolute atomic E-state index is 12.6. The Bertz CT molecular complexity index is 860. The quantitative estimate of drug-likeness (QED) is 0.760. The Morgan fingerprint density at radius 2 is 1.97 bits per heavy atom. The van der Waals surface area contributed by atoms with Crippen LogP contribution in [-0.4, -0.2) is 48.5 Å². The Hall–Kier alpha value is -2.40. The lowest BCUT2D eigenvalue weighted by atomic mass is 9.91. The van der Waals surface area contributed by atoms with Crippen LogP contribution < -0.4 is 10.2 Å². The van der Waals surface area contributed by atoms with Crippen molar-refractivity contribution in [2.45, 2.75) is 58.0 Å². The zero-order valence-electron chi connectivity index (χ0n) is 18.4. The van der Waals surface area contributed by atoms with Crippen molar-refractivity contribution < 1.29 is 4.79 Å². The molecular formula is C25H34N4O. The second-order valence-electron chi connectivity index (χ2n) is 8.73. The molecule has 1 aliphatic carbocycles. The second-order valence-corrected chi connectivity index (χ2v) is 8.73. The van der Waals surface area contributed by atoms with Crippen molar-refractivity contribution in [3.63, 3.8) is 0 Å². The minimum atomic E-state index is -0.0710. The van der Waals surface area contributed by atoms with Gasteiger partial charge in [-0.25, -0.2) is 4.98 Å². The van der Waals surface area contributed by atoms with Gasteiger partial charge in [-0.2, -0.15) is 0 Å². The van der Waals surface area contributed by atoms with Crippen LogP contribution in [0.3, 0.4) is 0 Å². The summed E-state index contributed by atoms with van der Waals surface area (Å²) in [5.41, 5.74) is 4.71. The van der Waals surface area contributed by atoms with Gasteiger partial charge >= 0.3 is 0 Å². The zero-order chi connectivity index (χ0) is 20.9. The van der Waals surface area contributed by atoms with Crippen molar-refractivity contribution >= 4 is 11.7 Å². The molecule has 4 rings (SSSR count). The Morgan fingerprint density at radius 1 is 1.17 bits per heavy atom. The highest BCUT2D eigenvalue weighted by molar-refractivity contribution is 5.94.